The van der Waals surface area contributed by atoms with Crippen LogP contribution in [-0.2, 0) is 20.1 Å². The molecule has 4 heterocycles. The van der Waals surface area contributed by atoms with Crippen molar-refractivity contribution in [3.63, 3.8) is 0 Å². The minimum Gasteiger partial charge on any atom is -0.477 e. The highest BCUT2D eigenvalue weighted by Crippen LogP contribution is 2.44. The largest absolute Gasteiger partial charge is 0.477 e. The number of carboxylic acids is 1. The van der Waals surface area contributed by atoms with E-state index in [1.807, 2.05) is 12.1 Å². The van der Waals surface area contributed by atoms with Crippen molar-refractivity contribution in [3.8, 4) is 0 Å². The number of carbonyl (C=O) groups excluding carboxylic acids is 2. The van der Waals surface area contributed by atoms with Crippen LogP contribution in [0.5, 0.6) is 0 Å². The molecule has 2 aromatic rings. The van der Waals surface area contributed by atoms with Gasteiger partial charge in [0.2, 0.25) is 0 Å². The van der Waals surface area contributed by atoms with E-state index in [1.165, 1.54) is 33.8 Å². The van der Waals surface area contributed by atoms with Gasteiger partial charge in [-0.25, -0.2) is 9.78 Å². The Kier molecular flexibility index (Phi) is 6.34. The summed E-state index contributed by atoms with van der Waals surface area (Å²) in [5.74, 6) is -1.75. The summed E-state index contributed by atoms with van der Waals surface area (Å²) in [5.41, 5.74) is 5.94. The number of aromatic nitrogens is 2. The monoisotopic (exact) mass is 492 g/mol. The fraction of sp³-hybridized carbons (Fsp3) is 0.222. The van der Waals surface area contributed by atoms with E-state index in [4.69, 9.17) is 5.73 Å². The van der Waals surface area contributed by atoms with E-state index in [0.717, 1.165) is 17.0 Å². The summed E-state index contributed by atoms with van der Waals surface area (Å²) in [6.07, 6.45) is 1.66. The number of oxime groups is 1. The lowest BCUT2D eigenvalue weighted by Gasteiger charge is -2.49. The zero-order valence-electron chi connectivity index (χ0n) is 16.2. The van der Waals surface area contributed by atoms with E-state index in [1.54, 1.807) is 12.3 Å². The number of anilines is 1. The molecule has 166 valence electrons. The summed E-state index contributed by atoms with van der Waals surface area (Å²) in [4.78, 5) is 47.1. The van der Waals surface area contributed by atoms with Gasteiger partial charge in [-0.15, -0.1) is 34.9 Å². The summed E-state index contributed by atoms with van der Waals surface area (Å²) in [6.45, 7) is 0. The molecule has 2 aliphatic rings. The van der Waals surface area contributed by atoms with Crippen molar-refractivity contribution in [3.05, 3.63) is 51.8 Å². The van der Waals surface area contributed by atoms with Gasteiger partial charge in [-0.2, -0.15) is 0 Å². The predicted molar refractivity (Wildman–Crippen MR) is 120 cm³/mol. The molecule has 11 nitrogen and oxygen atoms in total. The molecule has 2 aliphatic heterocycles. The molecule has 4 rings (SSSR count). The van der Waals surface area contributed by atoms with Gasteiger partial charge in [0, 0.05) is 28.0 Å². The summed E-state index contributed by atoms with van der Waals surface area (Å²) >= 11 is 3.72. The molecule has 5 N–H and O–H groups in total. The number of nitrogen functional groups attached to an aromatic ring is 1. The average molecular weight is 493 g/mol. The van der Waals surface area contributed by atoms with Crippen molar-refractivity contribution in [1.29, 1.82) is 0 Å². The van der Waals surface area contributed by atoms with E-state index >= 15 is 0 Å². The highest BCUT2D eigenvalue weighted by atomic mass is 32.2. The van der Waals surface area contributed by atoms with E-state index in [-0.39, 0.29) is 22.2 Å². The second-order valence-corrected chi connectivity index (χ2v) is 9.63. The Morgan fingerprint density at radius 3 is 2.84 bits per heavy atom. The Morgan fingerprint density at radius 1 is 1.41 bits per heavy atom. The molecule has 0 saturated carbocycles. The molecule has 1 saturated heterocycles. The third-order valence-corrected chi connectivity index (χ3v) is 7.89. The molecule has 0 aliphatic carbocycles. The van der Waals surface area contributed by atoms with Crippen LogP contribution < -0.4 is 11.1 Å². The maximum absolute atomic E-state index is 12.8. The molecular weight excluding hydrogens is 476 g/mol. The van der Waals surface area contributed by atoms with Crippen molar-refractivity contribution >= 4 is 63.5 Å². The number of fused-ring (bicyclic) bond motifs is 1. The van der Waals surface area contributed by atoms with Gasteiger partial charge in [0.15, 0.2) is 10.8 Å². The number of nitrogens with two attached hydrogens (primary N) is 1. The second-order valence-electron chi connectivity index (χ2n) is 6.57. The number of thioether (sulfide) groups is 2. The maximum Gasteiger partial charge on any atom is 0.353 e. The molecule has 14 heteroatoms. The molecule has 1 fully saturated rings. The number of rotatable bonds is 7. The Bertz CT molecular complexity index is 1140. The van der Waals surface area contributed by atoms with Crippen LogP contribution in [0.1, 0.15) is 11.4 Å². The van der Waals surface area contributed by atoms with Crippen LogP contribution in [0.3, 0.4) is 0 Å². The summed E-state index contributed by atoms with van der Waals surface area (Å²) in [7, 11) is 0. The van der Waals surface area contributed by atoms with Gasteiger partial charge in [0.1, 0.15) is 22.8 Å². The fourth-order valence-corrected chi connectivity index (χ4v) is 6.26. The van der Waals surface area contributed by atoms with Crippen molar-refractivity contribution in [2.75, 3.05) is 11.5 Å². The van der Waals surface area contributed by atoms with Crippen LogP contribution in [0, 0.1) is 0 Å². The number of nitrogens with zero attached hydrogens (tertiary/aromatic N) is 4. The summed E-state index contributed by atoms with van der Waals surface area (Å²) < 4.78 is 0. The van der Waals surface area contributed by atoms with Gasteiger partial charge in [-0.3, -0.25) is 19.5 Å². The second kappa shape index (κ2) is 9.18. The number of hydrogen-bond donors (Lipinski definition) is 4. The smallest absolute Gasteiger partial charge is 0.353 e. The molecule has 0 unspecified atom stereocenters. The normalized spacial score (nSPS) is 20.6. The van der Waals surface area contributed by atoms with Gasteiger partial charge in [-0.05, 0) is 12.1 Å². The summed E-state index contributed by atoms with van der Waals surface area (Å²) in [6, 6.07) is 4.51. The van der Waals surface area contributed by atoms with Crippen molar-refractivity contribution in [1.82, 2.24) is 20.2 Å². The standard InChI is InChI=1S/C18H16N6O5S3/c19-18-21-9(6-32-18)11(23-29)14(25)22-12-15(26)24-13(17(27)28)10(7-31-16(12)24)30-5-8-3-1-2-4-20-8/h1-4,6,12,16,29H,5,7H2,(H2,19,21)(H,22,25)(H,27,28)/b23-11+/t12-,16-/m1/s1. The van der Waals surface area contributed by atoms with E-state index in [9.17, 15) is 24.7 Å². The van der Waals surface area contributed by atoms with Crippen LogP contribution in [0.4, 0.5) is 5.13 Å². The van der Waals surface area contributed by atoms with Gasteiger partial charge in [0.25, 0.3) is 11.8 Å². The highest BCUT2D eigenvalue weighted by Gasteiger charge is 2.54. The van der Waals surface area contributed by atoms with Crippen molar-refractivity contribution in [2.24, 2.45) is 5.16 Å². The molecule has 0 radical (unpaired) electrons. The number of carbonyl (C=O) groups is 3. The molecule has 0 aromatic carbocycles. The first-order valence-corrected chi connectivity index (χ1v) is 12.0. The van der Waals surface area contributed by atoms with Gasteiger partial charge < -0.3 is 21.4 Å². The average Bonchev–Trinajstić information content (AvgIpc) is 3.22. The third kappa shape index (κ3) is 4.16. The van der Waals surface area contributed by atoms with Crippen molar-refractivity contribution in [2.45, 2.75) is 17.2 Å². The first-order chi connectivity index (χ1) is 15.4. The van der Waals surface area contributed by atoms with Crippen LogP contribution in [-0.4, -0.2) is 65.8 Å². The lowest BCUT2D eigenvalue weighted by molar-refractivity contribution is -0.150. The lowest BCUT2D eigenvalue weighted by atomic mass is 10.0. The van der Waals surface area contributed by atoms with Gasteiger partial charge in [0.05, 0.1) is 5.69 Å². The topological polar surface area (TPSA) is 171 Å². The van der Waals surface area contributed by atoms with Gasteiger partial charge in [-0.1, -0.05) is 11.2 Å². The minimum atomic E-state index is -1.22. The number of thiazole rings is 1. The number of nitrogens with one attached hydrogen (secondary N) is 1. The zero-order chi connectivity index (χ0) is 22.8. The third-order valence-electron chi connectivity index (χ3n) is 4.62. The Labute approximate surface area is 193 Å². The van der Waals surface area contributed by atoms with E-state index in [2.05, 4.69) is 20.4 Å². The maximum atomic E-state index is 12.8. The molecule has 2 amide bonds. The quantitative estimate of drug-likeness (QED) is 0.189. The summed E-state index contributed by atoms with van der Waals surface area (Å²) in [5, 5.41) is 25.5. The Balaban J connectivity index is 1.48. The first-order valence-electron chi connectivity index (χ1n) is 9.08. The highest BCUT2D eigenvalue weighted by molar-refractivity contribution is 8.05. The van der Waals surface area contributed by atoms with Crippen LogP contribution in [0.25, 0.3) is 0 Å². The molecule has 0 bridgehead atoms. The first kappa shape index (κ1) is 22.1. The number of aliphatic carboxylic acids is 1. The molecule has 2 atom stereocenters. The number of carboxylic acid groups (broad SMARTS) is 1. The lowest BCUT2D eigenvalue weighted by Crippen LogP contribution is -2.71. The van der Waals surface area contributed by atoms with E-state index in [0.29, 0.717) is 16.4 Å². The fourth-order valence-electron chi connectivity index (χ4n) is 3.16. The number of β-lactam (4-membered cyclic amide) rings is 1. The SMILES string of the molecule is Nc1nc(/C(=N\O)C(=O)N[C@@H]2C(=O)N3C(C(=O)O)=C(SCc4ccccn4)CS[C@H]23)cs1. The molecular formula is C18H16N6O5S3. The minimum absolute atomic E-state index is 0.0757. The van der Waals surface area contributed by atoms with Crippen LogP contribution in [0.15, 0.2) is 45.5 Å². The Hall–Kier alpha value is -3.10. The van der Waals surface area contributed by atoms with Crippen molar-refractivity contribution < 1.29 is 24.7 Å². The molecule has 0 spiro atoms. The number of pyridine rings is 1. The van der Waals surface area contributed by atoms with Crippen LogP contribution >= 0.6 is 34.9 Å². The zero-order valence-corrected chi connectivity index (χ0v) is 18.6. The Morgan fingerprint density at radius 2 is 2.22 bits per heavy atom. The molecule has 2 aromatic heterocycles. The number of hydrogen-bond acceptors (Lipinski definition) is 11. The predicted octanol–water partition coefficient (Wildman–Crippen LogP) is 0.928. The molecule has 32 heavy (non-hydrogen) atoms. The number of amides is 2. The van der Waals surface area contributed by atoms with Gasteiger partial charge >= 0.3 is 5.97 Å². The van der Waals surface area contributed by atoms with Crippen LogP contribution in [0.2, 0.25) is 0 Å². The van der Waals surface area contributed by atoms with E-state index < -0.39 is 29.2 Å².